The Bertz CT molecular complexity index is 1040. The highest BCUT2D eigenvalue weighted by Gasteiger charge is 2.18. The molecule has 0 spiro atoms. The van der Waals surface area contributed by atoms with Crippen molar-refractivity contribution in [2.75, 3.05) is 7.05 Å². The molecule has 2 aromatic carbocycles. The summed E-state index contributed by atoms with van der Waals surface area (Å²) in [6, 6.07) is 21.1. The zero-order valence-electron chi connectivity index (χ0n) is 14.8. The maximum absolute atomic E-state index is 12.7. The van der Waals surface area contributed by atoms with Gasteiger partial charge >= 0.3 is 0 Å². The SMILES string of the molecule is CN(Cc1cccc(-n2cccn2)c1)C(=O)c1cc(-c2ccccc2)on1. The van der Waals surface area contributed by atoms with E-state index in [1.54, 1.807) is 28.9 Å². The highest BCUT2D eigenvalue weighted by atomic mass is 16.5. The van der Waals surface area contributed by atoms with E-state index >= 15 is 0 Å². The van der Waals surface area contributed by atoms with Crippen molar-refractivity contribution in [2.45, 2.75) is 6.54 Å². The maximum Gasteiger partial charge on any atom is 0.276 e. The number of hydrogen-bond donors (Lipinski definition) is 0. The molecular formula is C21H18N4O2. The third-order valence-corrected chi connectivity index (χ3v) is 4.23. The van der Waals surface area contributed by atoms with Gasteiger partial charge in [-0.3, -0.25) is 4.79 Å². The van der Waals surface area contributed by atoms with Crippen molar-refractivity contribution < 1.29 is 9.32 Å². The van der Waals surface area contributed by atoms with Gasteiger partial charge in [0.2, 0.25) is 0 Å². The van der Waals surface area contributed by atoms with Gasteiger partial charge in [-0.05, 0) is 23.8 Å². The van der Waals surface area contributed by atoms with E-state index in [0.29, 0.717) is 18.0 Å². The first-order chi connectivity index (χ1) is 13.2. The number of carbonyl (C=O) groups excluding carboxylic acids is 1. The number of carbonyl (C=O) groups is 1. The summed E-state index contributed by atoms with van der Waals surface area (Å²) >= 11 is 0. The molecule has 6 nitrogen and oxygen atoms in total. The van der Waals surface area contributed by atoms with Crippen LogP contribution in [0.2, 0.25) is 0 Å². The molecule has 6 heteroatoms. The van der Waals surface area contributed by atoms with Crippen molar-refractivity contribution in [2.24, 2.45) is 0 Å². The van der Waals surface area contributed by atoms with Crippen LogP contribution >= 0.6 is 0 Å². The Kier molecular flexibility index (Phi) is 4.53. The molecule has 0 aliphatic heterocycles. The first-order valence-electron chi connectivity index (χ1n) is 8.57. The first kappa shape index (κ1) is 16.8. The average Bonchev–Trinajstić information content (AvgIpc) is 3.40. The van der Waals surface area contributed by atoms with E-state index in [0.717, 1.165) is 16.8 Å². The lowest BCUT2D eigenvalue weighted by atomic mass is 10.1. The van der Waals surface area contributed by atoms with Crippen LogP contribution in [0.1, 0.15) is 16.1 Å². The van der Waals surface area contributed by atoms with Gasteiger partial charge in [-0.25, -0.2) is 4.68 Å². The molecule has 134 valence electrons. The van der Waals surface area contributed by atoms with Gasteiger partial charge in [0, 0.05) is 37.6 Å². The Hall–Kier alpha value is -3.67. The van der Waals surface area contributed by atoms with Crippen LogP contribution in [0, 0.1) is 0 Å². The Morgan fingerprint density at radius 3 is 2.70 bits per heavy atom. The Balaban J connectivity index is 1.49. The van der Waals surface area contributed by atoms with Gasteiger partial charge < -0.3 is 9.42 Å². The molecule has 0 atom stereocenters. The average molecular weight is 358 g/mol. The number of rotatable bonds is 5. The fourth-order valence-corrected chi connectivity index (χ4v) is 2.87. The summed E-state index contributed by atoms with van der Waals surface area (Å²) in [5.41, 5.74) is 3.13. The highest BCUT2D eigenvalue weighted by molar-refractivity contribution is 5.92. The predicted octanol–water partition coefficient (Wildman–Crippen LogP) is 3.80. The highest BCUT2D eigenvalue weighted by Crippen LogP contribution is 2.20. The minimum Gasteiger partial charge on any atom is -0.355 e. The number of amides is 1. The minimum absolute atomic E-state index is 0.189. The molecule has 0 N–H and O–H groups in total. The molecule has 4 aromatic rings. The molecule has 0 fully saturated rings. The van der Waals surface area contributed by atoms with Crippen LogP contribution in [0.15, 0.2) is 83.6 Å². The summed E-state index contributed by atoms with van der Waals surface area (Å²) in [7, 11) is 1.75. The van der Waals surface area contributed by atoms with E-state index in [4.69, 9.17) is 4.52 Å². The van der Waals surface area contributed by atoms with E-state index in [9.17, 15) is 4.79 Å². The molecule has 0 saturated heterocycles. The summed E-state index contributed by atoms with van der Waals surface area (Å²) in [6.07, 6.45) is 3.62. The molecule has 1 amide bonds. The zero-order chi connectivity index (χ0) is 18.6. The molecule has 27 heavy (non-hydrogen) atoms. The van der Waals surface area contributed by atoms with Gasteiger partial charge in [-0.15, -0.1) is 0 Å². The Morgan fingerprint density at radius 2 is 1.93 bits per heavy atom. The topological polar surface area (TPSA) is 64.2 Å². The van der Waals surface area contributed by atoms with Crippen molar-refractivity contribution in [3.63, 3.8) is 0 Å². The van der Waals surface area contributed by atoms with Gasteiger partial charge in [0.1, 0.15) is 0 Å². The normalized spacial score (nSPS) is 10.7. The third kappa shape index (κ3) is 3.64. The van der Waals surface area contributed by atoms with Crippen LogP contribution in [0.4, 0.5) is 0 Å². The van der Waals surface area contributed by atoms with Crippen LogP contribution in [-0.4, -0.2) is 32.8 Å². The lowest BCUT2D eigenvalue weighted by Gasteiger charge is -2.16. The monoisotopic (exact) mass is 358 g/mol. The minimum atomic E-state index is -0.189. The molecule has 4 rings (SSSR count). The van der Waals surface area contributed by atoms with E-state index in [-0.39, 0.29) is 5.91 Å². The maximum atomic E-state index is 12.7. The first-order valence-corrected chi connectivity index (χ1v) is 8.57. The van der Waals surface area contributed by atoms with Crippen molar-refractivity contribution in [3.05, 3.63) is 90.4 Å². The largest absolute Gasteiger partial charge is 0.355 e. The van der Waals surface area contributed by atoms with Crippen molar-refractivity contribution in [1.29, 1.82) is 0 Å². The fraction of sp³-hybridized carbons (Fsp3) is 0.0952. The van der Waals surface area contributed by atoms with E-state index in [1.807, 2.05) is 66.9 Å². The van der Waals surface area contributed by atoms with Gasteiger partial charge in [-0.1, -0.05) is 47.6 Å². The molecular weight excluding hydrogens is 340 g/mol. The summed E-state index contributed by atoms with van der Waals surface area (Å²) in [6.45, 7) is 0.460. The number of benzene rings is 2. The zero-order valence-corrected chi connectivity index (χ0v) is 14.8. The van der Waals surface area contributed by atoms with Crippen LogP contribution in [0.25, 0.3) is 17.0 Å². The van der Waals surface area contributed by atoms with E-state index < -0.39 is 0 Å². The van der Waals surface area contributed by atoms with Crippen LogP contribution in [0.3, 0.4) is 0 Å². The van der Waals surface area contributed by atoms with Gasteiger partial charge in [-0.2, -0.15) is 5.10 Å². The van der Waals surface area contributed by atoms with E-state index in [1.165, 1.54) is 0 Å². The molecule has 0 aliphatic carbocycles. The quantitative estimate of drug-likeness (QED) is 0.544. The lowest BCUT2D eigenvalue weighted by molar-refractivity contribution is 0.0775. The molecule has 0 radical (unpaired) electrons. The molecule has 2 heterocycles. The third-order valence-electron chi connectivity index (χ3n) is 4.23. The summed E-state index contributed by atoms with van der Waals surface area (Å²) in [5, 5.41) is 8.17. The number of aromatic nitrogens is 3. The standard InChI is InChI=1S/C21H18N4O2/c1-24(15-16-7-5-10-18(13-16)25-12-6-11-22-25)21(26)19-14-20(27-23-19)17-8-3-2-4-9-17/h2-14H,15H2,1H3. The van der Waals surface area contributed by atoms with Crippen molar-refractivity contribution in [1.82, 2.24) is 19.8 Å². The predicted molar refractivity (Wildman–Crippen MR) is 101 cm³/mol. The van der Waals surface area contributed by atoms with Crippen molar-refractivity contribution >= 4 is 5.91 Å². The summed E-state index contributed by atoms with van der Waals surface area (Å²) in [4.78, 5) is 14.3. The fourth-order valence-electron chi connectivity index (χ4n) is 2.87. The molecule has 2 aromatic heterocycles. The Labute approximate surface area is 156 Å². The number of hydrogen-bond acceptors (Lipinski definition) is 4. The lowest BCUT2D eigenvalue weighted by Crippen LogP contribution is -2.26. The smallest absolute Gasteiger partial charge is 0.276 e. The van der Waals surface area contributed by atoms with E-state index in [2.05, 4.69) is 10.3 Å². The van der Waals surface area contributed by atoms with Crippen molar-refractivity contribution in [3.8, 4) is 17.0 Å². The summed E-state index contributed by atoms with van der Waals surface area (Å²) in [5.74, 6) is 0.387. The molecule has 0 bridgehead atoms. The second-order valence-electron chi connectivity index (χ2n) is 6.22. The van der Waals surface area contributed by atoms with Gasteiger partial charge in [0.25, 0.3) is 5.91 Å². The number of nitrogens with zero attached hydrogens (tertiary/aromatic N) is 4. The van der Waals surface area contributed by atoms with Gasteiger partial charge in [0.05, 0.1) is 5.69 Å². The van der Waals surface area contributed by atoms with Crippen LogP contribution in [0.5, 0.6) is 0 Å². The molecule has 0 aliphatic rings. The molecule has 0 unspecified atom stereocenters. The van der Waals surface area contributed by atoms with Crippen LogP contribution in [-0.2, 0) is 6.54 Å². The van der Waals surface area contributed by atoms with Crippen LogP contribution < -0.4 is 0 Å². The van der Waals surface area contributed by atoms with Gasteiger partial charge in [0.15, 0.2) is 11.5 Å². The Morgan fingerprint density at radius 1 is 1.07 bits per heavy atom. The second-order valence-corrected chi connectivity index (χ2v) is 6.22. The molecule has 0 saturated carbocycles. The summed E-state index contributed by atoms with van der Waals surface area (Å²) < 4.78 is 7.12. The second kappa shape index (κ2) is 7.29.